The van der Waals surface area contributed by atoms with Gasteiger partial charge in [-0.1, -0.05) is 23.7 Å². The lowest BCUT2D eigenvalue weighted by Crippen LogP contribution is -2.39. The number of nitrogens with zero attached hydrogens (tertiary/aromatic N) is 1. The van der Waals surface area contributed by atoms with Crippen LogP contribution in [0.25, 0.3) is 0 Å². The maximum Gasteiger partial charge on any atom is 0.234 e. The molecule has 0 bridgehead atoms. The smallest absolute Gasteiger partial charge is 0.234 e. The highest BCUT2D eigenvalue weighted by atomic mass is 35.5. The van der Waals surface area contributed by atoms with Crippen molar-refractivity contribution in [2.24, 2.45) is 5.92 Å². The molecule has 0 radical (unpaired) electrons. The molecule has 122 valence electrons. The Hall–Kier alpha value is -0.910. The number of hydrogen-bond donors (Lipinski definition) is 1. The van der Waals surface area contributed by atoms with Crippen LogP contribution in [-0.4, -0.2) is 53.7 Å². The summed E-state index contributed by atoms with van der Waals surface area (Å²) in [6, 6.07) is 7.92. The van der Waals surface area contributed by atoms with E-state index in [0.717, 1.165) is 24.5 Å². The molecule has 0 spiro atoms. The van der Waals surface area contributed by atoms with Crippen molar-refractivity contribution in [2.45, 2.75) is 12.3 Å². The first kappa shape index (κ1) is 17.4. The van der Waals surface area contributed by atoms with Gasteiger partial charge in [0.2, 0.25) is 5.91 Å². The lowest BCUT2D eigenvalue weighted by atomic mass is 9.82. The molecule has 1 fully saturated rings. The minimum Gasteiger partial charge on any atom is -0.348 e. The molecule has 1 aliphatic heterocycles. The highest BCUT2D eigenvalue weighted by molar-refractivity contribution is 7.85. The van der Waals surface area contributed by atoms with Crippen LogP contribution in [0.4, 0.5) is 0 Å². The van der Waals surface area contributed by atoms with Gasteiger partial charge < -0.3 is 10.2 Å². The van der Waals surface area contributed by atoms with Crippen molar-refractivity contribution in [2.75, 3.05) is 38.7 Å². The molecule has 1 heterocycles. The number of carbonyl (C=O) groups excluding carboxylic acids is 1. The monoisotopic (exact) mass is 342 g/mol. The molecule has 1 aliphatic rings. The SMILES string of the molecule is CN(C)C(=O)CS(=O)C[C@H]1CNCC[C@@H]1c1cccc(Cl)c1. The maximum atomic E-state index is 12.3. The second-order valence-electron chi connectivity index (χ2n) is 5.95. The average Bonchev–Trinajstić information content (AvgIpc) is 2.47. The van der Waals surface area contributed by atoms with E-state index in [1.54, 1.807) is 14.1 Å². The Morgan fingerprint density at radius 2 is 2.23 bits per heavy atom. The van der Waals surface area contributed by atoms with Crippen LogP contribution in [-0.2, 0) is 15.6 Å². The minimum atomic E-state index is -1.13. The van der Waals surface area contributed by atoms with Gasteiger partial charge in [-0.2, -0.15) is 0 Å². The first-order chi connectivity index (χ1) is 10.5. The van der Waals surface area contributed by atoms with E-state index in [1.807, 2.05) is 18.2 Å². The highest BCUT2D eigenvalue weighted by Crippen LogP contribution is 2.32. The zero-order valence-electron chi connectivity index (χ0n) is 13.0. The van der Waals surface area contributed by atoms with E-state index >= 15 is 0 Å². The van der Waals surface area contributed by atoms with Crippen LogP contribution >= 0.6 is 11.6 Å². The van der Waals surface area contributed by atoms with Crippen molar-refractivity contribution in [3.05, 3.63) is 34.9 Å². The summed E-state index contributed by atoms with van der Waals surface area (Å²) >= 11 is 6.10. The lowest BCUT2D eigenvalue weighted by Gasteiger charge is -2.32. The van der Waals surface area contributed by atoms with Gasteiger partial charge in [-0.05, 0) is 49.0 Å². The Morgan fingerprint density at radius 3 is 2.91 bits per heavy atom. The van der Waals surface area contributed by atoms with Gasteiger partial charge in [-0.15, -0.1) is 0 Å². The normalized spacial score (nSPS) is 23.0. The predicted molar refractivity (Wildman–Crippen MR) is 91.7 cm³/mol. The van der Waals surface area contributed by atoms with Gasteiger partial charge in [0.25, 0.3) is 0 Å². The first-order valence-corrected chi connectivity index (χ1v) is 9.35. The number of rotatable bonds is 5. The van der Waals surface area contributed by atoms with E-state index in [1.165, 1.54) is 10.5 Å². The van der Waals surface area contributed by atoms with Gasteiger partial charge in [-0.3, -0.25) is 9.00 Å². The Balaban J connectivity index is 2.04. The number of halogens is 1. The molecule has 1 aromatic carbocycles. The Kier molecular flexibility index (Phi) is 6.41. The summed E-state index contributed by atoms with van der Waals surface area (Å²) in [4.78, 5) is 13.2. The molecule has 1 unspecified atom stereocenters. The summed E-state index contributed by atoms with van der Waals surface area (Å²) in [5, 5.41) is 4.10. The van der Waals surface area contributed by atoms with Crippen LogP contribution in [0, 0.1) is 5.92 Å². The van der Waals surface area contributed by atoms with E-state index in [-0.39, 0.29) is 17.6 Å². The molecule has 1 saturated heterocycles. The van der Waals surface area contributed by atoms with Crippen molar-refractivity contribution in [3.8, 4) is 0 Å². The molecule has 0 aromatic heterocycles. The maximum absolute atomic E-state index is 12.3. The standard InChI is InChI=1S/C16H23ClN2O2S/c1-19(2)16(20)11-22(21)10-13-9-18-7-6-15(13)12-4-3-5-14(17)8-12/h3-5,8,13,15,18H,6-7,9-11H2,1-2H3/t13-,15-,22?/m1/s1. The molecular formula is C16H23ClN2O2S. The molecule has 22 heavy (non-hydrogen) atoms. The van der Waals surface area contributed by atoms with E-state index in [9.17, 15) is 9.00 Å². The van der Waals surface area contributed by atoms with Gasteiger partial charge in [0.1, 0.15) is 5.75 Å². The number of piperidine rings is 1. The third-order valence-electron chi connectivity index (χ3n) is 4.07. The summed E-state index contributed by atoms with van der Waals surface area (Å²) in [5.74, 6) is 1.18. The molecular weight excluding hydrogens is 320 g/mol. The summed E-state index contributed by atoms with van der Waals surface area (Å²) < 4.78 is 12.3. The molecule has 3 atom stereocenters. The van der Waals surface area contributed by atoms with E-state index in [2.05, 4.69) is 11.4 Å². The van der Waals surface area contributed by atoms with Crippen molar-refractivity contribution >= 4 is 28.3 Å². The van der Waals surface area contributed by atoms with Crippen LogP contribution < -0.4 is 5.32 Å². The highest BCUT2D eigenvalue weighted by Gasteiger charge is 2.28. The Labute approximate surface area is 139 Å². The number of nitrogens with one attached hydrogen (secondary N) is 1. The number of carbonyl (C=O) groups is 1. The molecule has 0 saturated carbocycles. The number of benzene rings is 1. The van der Waals surface area contributed by atoms with Gasteiger partial charge >= 0.3 is 0 Å². The largest absolute Gasteiger partial charge is 0.348 e. The predicted octanol–water partition coefficient (Wildman–Crippen LogP) is 1.87. The number of amides is 1. The second kappa shape index (κ2) is 8.09. The third-order valence-corrected chi connectivity index (χ3v) is 5.67. The third kappa shape index (κ3) is 4.80. The quantitative estimate of drug-likeness (QED) is 0.888. The Morgan fingerprint density at radius 1 is 1.45 bits per heavy atom. The zero-order valence-corrected chi connectivity index (χ0v) is 14.6. The van der Waals surface area contributed by atoms with Crippen LogP contribution in [0.3, 0.4) is 0 Å². The van der Waals surface area contributed by atoms with Gasteiger partial charge in [0.15, 0.2) is 0 Å². The van der Waals surface area contributed by atoms with Crippen LogP contribution in [0.1, 0.15) is 17.9 Å². The van der Waals surface area contributed by atoms with Crippen molar-refractivity contribution in [1.82, 2.24) is 10.2 Å². The number of hydrogen-bond acceptors (Lipinski definition) is 3. The fourth-order valence-electron chi connectivity index (χ4n) is 2.84. The molecule has 1 amide bonds. The molecule has 2 rings (SSSR count). The van der Waals surface area contributed by atoms with Gasteiger partial charge in [0, 0.05) is 35.7 Å². The van der Waals surface area contributed by atoms with Crippen molar-refractivity contribution < 1.29 is 9.00 Å². The van der Waals surface area contributed by atoms with Crippen LogP contribution in [0.15, 0.2) is 24.3 Å². The van der Waals surface area contributed by atoms with Crippen molar-refractivity contribution in [3.63, 3.8) is 0 Å². The lowest BCUT2D eigenvalue weighted by molar-refractivity contribution is -0.125. The van der Waals surface area contributed by atoms with Crippen LogP contribution in [0.5, 0.6) is 0 Å². The fraction of sp³-hybridized carbons (Fsp3) is 0.562. The molecule has 4 nitrogen and oxygen atoms in total. The summed E-state index contributed by atoms with van der Waals surface area (Å²) in [5.41, 5.74) is 1.20. The zero-order chi connectivity index (χ0) is 16.1. The molecule has 1 aromatic rings. The van der Waals surface area contributed by atoms with E-state index in [0.29, 0.717) is 11.7 Å². The van der Waals surface area contributed by atoms with Crippen molar-refractivity contribution in [1.29, 1.82) is 0 Å². The minimum absolute atomic E-state index is 0.0820. The second-order valence-corrected chi connectivity index (χ2v) is 7.89. The first-order valence-electron chi connectivity index (χ1n) is 7.48. The average molecular weight is 343 g/mol. The summed E-state index contributed by atoms with van der Waals surface area (Å²) in [6.07, 6.45) is 1.00. The fourth-order valence-corrected chi connectivity index (χ4v) is 4.52. The topological polar surface area (TPSA) is 49.4 Å². The molecule has 0 aliphatic carbocycles. The van der Waals surface area contributed by atoms with E-state index < -0.39 is 10.8 Å². The molecule has 1 N–H and O–H groups in total. The summed E-state index contributed by atoms with van der Waals surface area (Å²) in [6.45, 7) is 1.79. The summed E-state index contributed by atoms with van der Waals surface area (Å²) in [7, 11) is 2.25. The van der Waals surface area contributed by atoms with Gasteiger partial charge in [-0.25, -0.2) is 0 Å². The van der Waals surface area contributed by atoms with Crippen LogP contribution in [0.2, 0.25) is 5.02 Å². The van der Waals surface area contributed by atoms with E-state index in [4.69, 9.17) is 11.6 Å². The molecule has 6 heteroatoms. The van der Waals surface area contributed by atoms with Gasteiger partial charge in [0.05, 0.1) is 0 Å². The Bertz CT molecular complexity index is 551.